The summed E-state index contributed by atoms with van der Waals surface area (Å²) in [7, 11) is 0. The molecule has 110 valence electrons. The molecule has 0 fully saturated rings. The SMILES string of the molecule is CCOc1cc(NC(=O)NCc2ccccc2)ccc1C. The third kappa shape index (κ3) is 4.53. The molecule has 4 nitrogen and oxygen atoms in total. The second-order valence-electron chi connectivity index (χ2n) is 4.71. The number of rotatable bonds is 5. The molecule has 0 aliphatic carbocycles. The molecule has 2 N–H and O–H groups in total. The first kappa shape index (κ1) is 14.9. The number of urea groups is 1. The molecule has 0 saturated heterocycles. The summed E-state index contributed by atoms with van der Waals surface area (Å²) in [6.07, 6.45) is 0. The summed E-state index contributed by atoms with van der Waals surface area (Å²) in [5.41, 5.74) is 2.83. The highest BCUT2D eigenvalue weighted by Crippen LogP contribution is 2.22. The van der Waals surface area contributed by atoms with Gasteiger partial charge in [0.1, 0.15) is 5.75 Å². The van der Waals surface area contributed by atoms with Crippen LogP contribution in [-0.2, 0) is 6.54 Å². The van der Waals surface area contributed by atoms with E-state index in [0.717, 1.165) is 22.6 Å². The van der Waals surface area contributed by atoms with E-state index in [1.807, 2.05) is 62.4 Å². The third-order valence-corrected chi connectivity index (χ3v) is 3.04. The van der Waals surface area contributed by atoms with Gasteiger partial charge in [-0.1, -0.05) is 36.4 Å². The molecule has 0 radical (unpaired) electrons. The Labute approximate surface area is 125 Å². The maximum absolute atomic E-state index is 11.9. The highest BCUT2D eigenvalue weighted by Gasteiger charge is 2.05. The number of carbonyl (C=O) groups is 1. The minimum absolute atomic E-state index is 0.231. The van der Waals surface area contributed by atoms with E-state index in [2.05, 4.69) is 10.6 Å². The van der Waals surface area contributed by atoms with Crippen LogP contribution >= 0.6 is 0 Å². The standard InChI is InChI=1S/C17H20N2O2/c1-3-21-16-11-15(10-9-13(16)2)19-17(20)18-12-14-7-5-4-6-8-14/h4-11H,3,12H2,1-2H3,(H2,18,19,20). The zero-order valence-corrected chi connectivity index (χ0v) is 12.3. The van der Waals surface area contributed by atoms with Crippen molar-refractivity contribution in [3.63, 3.8) is 0 Å². The van der Waals surface area contributed by atoms with Gasteiger partial charge in [0.2, 0.25) is 0 Å². The maximum Gasteiger partial charge on any atom is 0.319 e. The van der Waals surface area contributed by atoms with E-state index in [-0.39, 0.29) is 6.03 Å². The molecule has 0 heterocycles. The monoisotopic (exact) mass is 284 g/mol. The fraction of sp³-hybridized carbons (Fsp3) is 0.235. The van der Waals surface area contributed by atoms with Crippen LogP contribution in [0.5, 0.6) is 5.75 Å². The normalized spacial score (nSPS) is 10.0. The summed E-state index contributed by atoms with van der Waals surface area (Å²) >= 11 is 0. The molecule has 0 aliphatic rings. The third-order valence-electron chi connectivity index (χ3n) is 3.04. The Morgan fingerprint density at radius 3 is 2.62 bits per heavy atom. The van der Waals surface area contributed by atoms with Gasteiger partial charge < -0.3 is 15.4 Å². The van der Waals surface area contributed by atoms with Gasteiger partial charge in [0, 0.05) is 18.3 Å². The molecule has 0 aliphatic heterocycles. The molecule has 4 heteroatoms. The zero-order chi connectivity index (χ0) is 15.1. The molecule has 0 saturated carbocycles. The smallest absolute Gasteiger partial charge is 0.319 e. The van der Waals surface area contributed by atoms with E-state index in [1.54, 1.807) is 0 Å². The van der Waals surface area contributed by atoms with Crippen LogP contribution in [0.2, 0.25) is 0 Å². The maximum atomic E-state index is 11.9. The number of hydrogen-bond donors (Lipinski definition) is 2. The average molecular weight is 284 g/mol. The molecule has 0 unspecified atom stereocenters. The van der Waals surface area contributed by atoms with Gasteiger partial charge in [-0.2, -0.15) is 0 Å². The minimum atomic E-state index is -0.231. The van der Waals surface area contributed by atoms with Gasteiger partial charge >= 0.3 is 6.03 Å². The number of ether oxygens (including phenoxy) is 1. The lowest BCUT2D eigenvalue weighted by atomic mass is 10.2. The summed E-state index contributed by atoms with van der Waals surface area (Å²) in [6.45, 7) is 5.01. The largest absolute Gasteiger partial charge is 0.494 e. The van der Waals surface area contributed by atoms with Gasteiger partial charge in [-0.05, 0) is 31.0 Å². The van der Waals surface area contributed by atoms with Gasteiger partial charge in [-0.25, -0.2) is 4.79 Å². The van der Waals surface area contributed by atoms with Crippen LogP contribution in [0, 0.1) is 6.92 Å². The lowest BCUT2D eigenvalue weighted by molar-refractivity contribution is 0.251. The van der Waals surface area contributed by atoms with Crippen molar-refractivity contribution in [2.24, 2.45) is 0 Å². The molecular weight excluding hydrogens is 264 g/mol. The van der Waals surface area contributed by atoms with Crippen molar-refractivity contribution in [3.8, 4) is 5.75 Å². The Morgan fingerprint density at radius 1 is 1.14 bits per heavy atom. The number of nitrogens with one attached hydrogen (secondary N) is 2. The zero-order valence-electron chi connectivity index (χ0n) is 12.3. The first-order chi connectivity index (χ1) is 10.2. The number of benzene rings is 2. The lowest BCUT2D eigenvalue weighted by Gasteiger charge is -2.11. The van der Waals surface area contributed by atoms with E-state index in [4.69, 9.17) is 4.74 Å². The summed E-state index contributed by atoms with van der Waals surface area (Å²) in [6, 6.07) is 15.2. The highest BCUT2D eigenvalue weighted by atomic mass is 16.5. The fourth-order valence-electron chi connectivity index (χ4n) is 1.94. The quantitative estimate of drug-likeness (QED) is 0.879. The number of anilines is 1. The second-order valence-corrected chi connectivity index (χ2v) is 4.71. The van der Waals surface area contributed by atoms with Crippen LogP contribution in [0.4, 0.5) is 10.5 Å². The van der Waals surface area contributed by atoms with Crippen molar-refractivity contribution in [2.75, 3.05) is 11.9 Å². The van der Waals surface area contributed by atoms with Crippen LogP contribution in [0.15, 0.2) is 48.5 Å². The lowest BCUT2D eigenvalue weighted by Crippen LogP contribution is -2.28. The highest BCUT2D eigenvalue weighted by molar-refractivity contribution is 5.89. The van der Waals surface area contributed by atoms with Crippen LogP contribution < -0.4 is 15.4 Å². The molecule has 21 heavy (non-hydrogen) atoms. The Kier molecular flexibility index (Phi) is 5.21. The Bertz CT molecular complexity index is 597. The van der Waals surface area contributed by atoms with Crippen LogP contribution in [0.3, 0.4) is 0 Å². The molecule has 0 atom stereocenters. The van der Waals surface area contributed by atoms with Crippen molar-refractivity contribution in [2.45, 2.75) is 20.4 Å². The molecule has 2 amide bonds. The molecule has 2 rings (SSSR count). The van der Waals surface area contributed by atoms with Gasteiger partial charge in [0.25, 0.3) is 0 Å². The van der Waals surface area contributed by atoms with Crippen molar-refractivity contribution >= 4 is 11.7 Å². The Hall–Kier alpha value is -2.49. The predicted octanol–water partition coefficient (Wildman–Crippen LogP) is 3.72. The molecule has 0 spiro atoms. The van der Waals surface area contributed by atoms with Gasteiger partial charge in [-0.15, -0.1) is 0 Å². The van der Waals surface area contributed by atoms with E-state index >= 15 is 0 Å². The van der Waals surface area contributed by atoms with Gasteiger partial charge in [0.05, 0.1) is 6.61 Å². The summed E-state index contributed by atoms with van der Waals surface area (Å²) in [5, 5.41) is 5.63. The van der Waals surface area contributed by atoms with Crippen LogP contribution in [0.25, 0.3) is 0 Å². The summed E-state index contributed by atoms with van der Waals surface area (Å²) < 4.78 is 5.52. The Balaban J connectivity index is 1.92. The van der Waals surface area contributed by atoms with Gasteiger partial charge in [-0.3, -0.25) is 0 Å². The summed E-state index contributed by atoms with van der Waals surface area (Å²) in [5.74, 6) is 0.790. The van der Waals surface area contributed by atoms with Crippen molar-refractivity contribution < 1.29 is 9.53 Å². The molecule has 2 aromatic rings. The fourth-order valence-corrected chi connectivity index (χ4v) is 1.94. The molecule has 0 bridgehead atoms. The molecule has 0 aromatic heterocycles. The van der Waals surface area contributed by atoms with E-state index < -0.39 is 0 Å². The number of aryl methyl sites for hydroxylation is 1. The number of amides is 2. The van der Waals surface area contributed by atoms with Crippen LogP contribution in [0.1, 0.15) is 18.1 Å². The van der Waals surface area contributed by atoms with E-state index in [1.165, 1.54) is 0 Å². The number of hydrogen-bond acceptors (Lipinski definition) is 2. The average Bonchev–Trinajstić information content (AvgIpc) is 2.50. The number of carbonyl (C=O) groups excluding carboxylic acids is 1. The second kappa shape index (κ2) is 7.33. The van der Waals surface area contributed by atoms with E-state index in [9.17, 15) is 4.79 Å². The Morgan fingerprint density at radius 2 is 1.90 bits per heavy atom. The molecular formula is C17H20N2O2. The predicted molar refractivity (Wildman–Crippen MR) is 84.6 cm³/mol. The minimum Gasteiger partial charge on any atom is -0.494 e. The van der Waals surface area contributed by atoms with Gasteiger partial charge in [0.15, 0.2) is 0 Å². The van der Waals surface area contributed by atoms with Crippen molar-refractivity contribution in [1.82, 2.24) is 5.32 Å². The van der Waals surface area contributed by atoms with Crippen molar-refractivity contribution in [3.05, 3.63) is 59.7 Å². The van der Waals surface area contributed by atoms with Crippen LogP contribution in [-0.4, -0.2) is 12.6 Å². The van der Waals surface area contributed by atoms with Crippen molar-refractivity contribution in [1.29, 1.82) is 0 Å². The summed E-state index contributed by atoms with van der Waals surface area (Å²) in [4.78, 5) is 11.9. The first-order valence-corrected chi connectivity index (χ1v) is 7.01. The topological polar surface area (TPSA) is 50.4 Å². The first-order valence-electron chi connectivity index (χ1n) is 7.01. The molecule has 2 aromatic carbocycles. The van der Waals surface area contributed by atoms with E-state index in [0.29, 0.717) is 13.2 Å².